The Bertz CT molecular complexity index is 899. The van der Waals surface area contributed by atoms with Crippen LogP contribution >= 0.6 is 34.8 Å². The van der Waals surface area contributed by atoms with Crippen molar-refractivity contribution < 1.29 is 14.4 Å². The summed E-state index contributed by atoms with van der Waals surface area (Å²) in [5, 5.41) is 3.64. The van der Waals surface area contributed by atoms with Crippen molar-refractivity contribution >= 4 is 52.5 Å². The monoisotopic (exact) mass is 396 g/mol. The molecule has 25 heavy (non-hydrogen) atoms. The zero-order valence-corrected chi connectivity index (χ0v) is 15.0. The fraction of sp³-hybridized carbons (Fsp3) is 0.118. The van der Waals surface area contributed by atoms with Crippen LogP contribution in [0.15, 0.2) is 36.4 Å². The number of amides is 3. The third-order valence-corrected chi connectivity index (χ3v) is 4.71. The summed E-state index contributed by atoms with van der Waals surface area (Å²) in [5.74, 6) is -1.20. The molecule has 0 aromatic heterocycles. The third kappa shape index (κ3) is 3.49. The Labute approximate surface area is 158 Å². The molecule has 3 amide bonds. The molecule has 0 radical (unpaired) electrons. The highest BCUT2D eigenvalue weighted by atomic mass is 35.5. The number of benzene rings is 2. The van der Waals surface area contributed by atoms with Crippen LogP contribution in [0.25, 0.3) is 0 Å². The number of nitrogens with zero attached hydrogens (tertiary/aromatic N) is 1. The lowest BCUT2D eigenvalue weighted by Crippen LogP contribution is -2.38. The molecule has 0 unspecified atom stereocenters. The Hall–Kier alpha value is -2.08. The average molecular weight is 398 g/mol. The van der Waals surface area contributed by atoms with Gasteiger partial charge in [-0.15, -0.1) is 0 Å². The smallest absolute Gasteiger partial charge is 0.261 e. The number of hydrogen-bond donors (Lipinski definition) is 1. The summed E-state index contributed by atoms with van der Waals surface area (Å²) in [6, 6.07) is 9.04. The van der Waals surface area contributed by atoms with Crippen LogP contribution in [0.2, 0.25) is 15.1 Å². The molecular formula is C17H11Cl3N2O3. The van der Waals surface area contributed by atoms with Crippen molar-refractivity contribution in [2.75, 3.05) is 13.1 Å². The summed E-state index contributed by atoms with van der Waals surface area (Å²) in [6.45, 7) is 0.162. The lowest BCUT2D eigenvalue weighted by Gasteiger charge is -2.14. The van der Waals surface area contributed by atoms with Crippen LogP contribution in [-0.4, -0.2) is 35.7 Å². The fourth-order valence-corrected chi connectivity index (χ4v) is 2.96. The Morgan fingerprint density at radius 2 is 1.64 bits per heavy atom. The molecule has 1 aliphatic heterocycles. The van der Waals surface area contributed by atoms with Crippen molar-refractivity contribution in [3.8, 4) is 0 Å². The Morgan fingerprint density at radius 1 is 0.920 bits per heavy atom. The molecule has 2 aromatic rings. The standard InChI is InChI=1S/C17H11Cl3N2O3/c18-10-2-3-11-12(8-10)17(25)22(16(11)24)6-5-21-15(23)9-1-4-13(19)14(20)7-9/h1-4,7-8H,5-6H2,(H,21,23). The quantitative estimate of drug-likeness (QED) is 0.801. The zero-order chi connectivity index (χ0) is 18.1. The first-order valence-corrected chi connectivity index (χ1v) is 8.41. The number of nitrogens with one attached hydrogen (secondary N) is 1. The van der Waals surface area contributed by atoms with E-state index in [0.717, 1.165) is 4.90 Å². The van der Waals surface area contributed by atoms with E-state index in [-0.39, 0.29) is 29.6 Å². The van der Waals surface area contributed by atoms with E-state index in [9.17, 15) is 14.4 Å². The van der Waals surface area contributed by atoms with Gasteiger partial charge in [-0.2, -0.15) is 0 Å². The van der Waals surface area contributed by atoms with Gasteiger partial charge in [0.1, 0.15) is 0 Å². The highest BCUT2D eigenvalue weighted by Crippen LogP contribution is 2.25. The molecule has 1 aliphatic rings. The van der Waals surface area contributed by atoms with Crippen molar-refractivity contribution in [1.82, 2.24) is 10.2 Å². The molecule has 1 heterocycles. The molecule has 0 bridgehead atoms. The minimum absolute atomic E-state index is 0.0526. The van der Waals surface area contributed by atoms with Crippen molar-refractivity contribution in [1.29, 1.82) is 0 Å². The molecule has 0 atom stereocenters. The lowest BCUT2D eigenvalue weighted by molar-refractivity contribution is 0.0650. The molecule has 0 saturated heterocycles. The van der Waals surface area contributed by atoms with E-state index in [4.69, 9.17) is 34.8 Å². The highest BCUT2D eigenvalue weighted by molar-refractivity contribution is 6.42. The maximum absolute atomic E-state index is 12.3. The minimum Gasteiger partial charge on any atom is -0.350 e. The summed E-state index contributed by atoms with van der Waals surface area (Å²) >= 11 is 17.5. The largest absolute Gasteiger partial charge is 0.350 e. The van der Waals surface area contributed by atoms with Crippen molar-refractivity contribution in [2.45, 2.75) is 0 Å². The first-order valence-electron chi connectivity index (χ1n) is 7.27. The molecule has 0 aliphatic carbocycles. The number of fused-ring (bicyclic) bond motifs is 1. The van der Waals surface area contributed by atoms with E-state index < -0.39 is 11.8 Å². The predicted molar refractivity (Wildman–Crippen MR) is 95.6 cm³/mol. The van der Waals surface area contributed by atoms with E-state index >= 15 is 0 Å². The predicted octanol–water partition coefficient (Wildman–Crippen LogP) is 3.67. The van der Waals surface area contributed by atoms with Gasteiger partial charge in [0.2, 0.25) is 0 Å². The van der Waals surface area contributed by atoms with Crippen LogP contribution in [0, 0.1) is 0 Å². The lowest BCUT2D eigenvalue weighted by atomic mass is 10.1. The zero-order valence-electron chi connectivity index (χ0n) is 12.7. The van der Waals surface area contributed by atoms with Crippen LogP contribution < -0.4 is 5.32 Å². The summed E-state index contributed by atoms with van der Waals surface area (Å²) < 4.78 is 0. The van der Waals surface area contributed by atoms with Crippen molar-refractivity contribution in [2.24, 2.45) is 0 Å². The molecule has 1 N–H and O–H groups in total. The van der Waals surface area contributed by atoms with Crippen molar-refractivity contribution in [3.05, 3.63) is 68.2 Å². The molecule has 0 fully saturated rings. The molecule has 0 spiro atoms. The SMILES string of the molecule is O=C(NCCN1C(=O)c2ccc(Cl)cc2C1=O)c1ccc(Cl)c(Cl)c1. The van der Waals surface area contributed by atoms with E-state index in [1.807, 2.05) is 0 Å². The second-order valence-electron chi connectivity index (χ2n) is 5.34. The van der Waals surface area contributed by atoms with Crippen molar-refractivity contribution in [3.63, 3.8) is 0 Å². The van der Waals surface area contributed by atoms with Gasteiger partial charge in [0.05, 0.1) is 21.2 Å². The van der Waals surface area contributed by atoms with Crippen LogP contribution in [0.1, 0.15) is 31.1 Å². The van der Waals surface area contributed by atoms with Gasteiger partial charge in [-0.3, -0.25) is 19.3 Å². The number of carbonyl (C=O) groups is 3. The Morgan fingerprint density at radius 3 is 2.36 bits per heavy atom. The van der Waals surface area contributed by atoms with E-state index in [1.165, 1.54) is 30.3 Å². The Kier molecular flexibility index (Phi) is 4.99. The molecule has 8 heteroatoms. The molecule has 3 rings (SSSR count). The van der Waals surface area contributed by atoms with E-state index in [0.29, 0.717) is 21.2 Å². The molecule has 0 saturated carbocycles. The maximum atomic E-state index is 12.3. The highest BCUT2D eigenvalue weighted by Gasteiger charge is 2.35. The summed E-state index contributed by atoms with van der Waals surface area (Å²) in [7, 11) is 0. The summed E-state index contributed by atoms with van der Waals surface area (Å²) in [4.78, 5) is 37.7. The van der Waals surface area contributed by atoms with Gasteiger partial charge in [0, 0.05) is 23.7 Å². The number of halogens is 3. The molecule has 2 aromatic carbocycles. The second kappa shape index (κ2) is 7.04. The fourth-order valence-electron chi connectivity index (χ4n) is 2.49. The average Bonchev–Trinajstić information content (AvgIpc) is 2.81. The Balaban J connectivity index is 1.63. The van der Waals surface area contributed by atoms with Crippen LogP contribution in [0.5, 0.6) is 0 Å². The van der Waals surface area contributed by atoms with Crippen LogP contribution in [0.4, 0.5) is 0 Å². The number of hydrogen-bond acceptors (Lipinski definition) is 3. The summed E-state index contributed by atoms with van der Waals surface area (Å²) in [5.41, 5.74) is 0.919. The van der Waals surface area contributed by atoms with E-state index in [1.54, 1.807) is 6.07 Å². The number of rotatable bonds is 4. The maximum Gasteiger partial charge on any atom is 0.261 e. The van der Waals surface area contributed by atoms with Gasteiger partial charge in [-0.05, 0) is 36.4 Å². The third-order valence-electron chi connectivity index (χ3n) is 3.74. The second-order valence-corrected chi connectivity index (χ2v) is 6.59. The minimum atomic E-state index is -0.425. The van der Waals surface area contributed by atoms with E-state index in [2.05, 4.69) is 5.32 Å². The number of carbonyl (C=O) groups excluding carboxylic acids is 3. The topological polar surface area (TPSA) is 66.5 Å². The van der Waals surface area contributed by atoms with Gasteiger partial charge in [0.25, 0.3) is 17.7 Å². The first kappa shape index (κ1) is 17.7. The summed E-state index contributed by atoms with van der Waals surface area (Å²) in [6.07, 6.45) is 0. The first-order chi connectivity index (χ1) is 11.9. The van der Waals surface area contributed by atoms with Crippen LogP contribution in [-0.2, 0) is 0 Å². The van der Waals surface area contributed by atoms with Gasteiger partial charge in [-0.25, -0.2) is 0 Å². The van der Waals surface area contributed by atoms with Gasteiger partial charge >= 0.3 is 0 Å². The van der Waals surface area contributed by atoms with Crippen LogP contribution in [0.3, 0.4) is 0 Å². The van der Waals surface area contributed by atoms with Gasteiger partial charge in [0.15, 0.2) is 0 Å². The molecule has 5 nitrogen and oxygen atoms in total. The van der Waals surface area contributed by atoms with Gasteiger partial charge in [-0.1, -0.05) is 34.8 Å². The normalized spacial score (nSPS) is 13.2. The molecular weight excluding hydrogens is 387 g/mol. The van der Waals surface area contributed by atoms with Gasteiger partial charge < -0.3 is 5.32 Å². The molecule has 128 valence electrons. The number of imide groups is 1.